The molecule has 0 fully saturated rings. The van der Waals surface area contributed by atoms with Crippen molar-refractivity contribution in [2.75, 3.05) is 0 Å². The van der Waals surface area contributed by atoms with Crippen LogP contribution < -0.4 is 0 Å². The van der Waals surface area contributed by atoms with Gasteiger partial charge in [0.05, 0.1) is 11.4 Å². The average Bonchev–Trinajstić information content (AvgIpc) is 2.55. The van der Waals surface area contributed by atoms with E-state index in [4.69, 9.17) is 4.99 Å². The Hall–Kier alpha value is -2.67. The molecule has 0 aliphatic heterocycles. The Morgan fingerprint density at radius 1 is 0.571 bits per heavy atom. The van der Waals surface area contributed by atoms with Gasteiger partial charge in [0.25, 0.3) is 0 Å². The van der Waals surface area contributed by atoms with Crippen LogP contribution in [0.3, 0.4) is 0 Å². The minimum Gasteiger partial charge on any atom is -0.248 e. The molecule has 0 bridgehead atoms. The van der Waals surface area contributed by atoms with Gasteiger partial charge in [-0.25, -0.2) is 4.99 Å². The lowest BCUT2D eigenvalue weighted by molar-refractivity contribution is 1.15. The lowest BCUT2D eigenvalue weighted by Gasteiger charge is -2.21. The Balaban J connectivity index is 1.96. The standard InChI is InChI=1S/C20H15N/c1-2-10-17(11-3-1)21-20-18-12-6-4-8-15(18)14-16-9-5-7-13-19(16)20/h1-13H,14H2. The van der Waals surface area contributed by atoms with Crippen molar-refractivity contribution in [3.05, 3.63) is 101 Å². The first-order valence-corrected chi connectivity index (χ1v) is 7.22. The van der Waals surface area contributed by atoms with Crippen LogP contribution in [0.5, 0.6) is 0 Å². The zero-order chi connectivity index (χ0) is 14.1. The summed E-state index contributed by atoms with van der Waals surface area (Å²) in [6, 6.07) is 27.3. The van der Waals surface area contributed by atoms with Crippen molar-refractivity contribution in [1.82, 2.24) is 0 Å². The Bertz CT molecular complexity index is 769. The van der Waals surface area contributed by atoms with E-state index in [1.54, 1.807) is 0 Å². The molecule has 21 heavy (non-hydrogen) atoms. The van der Waals surface area contributed by atoms with Crippen molar-refractivity contribution in [3.8, 4) is 0 Å². The molecule has 100 valence electrons. The maximum absolute atomic E-state index is 4.92. The highest BCUT2D eigenvalue weighted by Crippen LogP contribution is 2.29. The predicted molar refractivity (Wildman–Crippen MR) is 87.4 cm³/mol. The van der Waals surface area contributed by atoms with E-state index in [0.29, 0.717) is 0 Å². The van der Waals surface area contributed by atoms with Crippen LogP contribution in [0.25, 0.3) is 0 Å². The fourth-order valence-corrected chi connectivity index (χ4v) is 2.91. The molecule has 3 aromatic rings. The van der Waals surface area contributed by atoms with Gasteiger partial charge < -0.3 is 0 Å². The van der Waals surface area contributed by atoms with Crippen LogP contribution >= 0.6 is 0 Å². The molecule has 1 nitrogen and oxygen atoms in total. The molecule has 3 aromatic carbocycles. The highest BCUT2D eigenvalue weighted by Gasteiger charge is 2.20. The van der Waals surface area contributed by atoms with Gasteiger partial charge in [0.1, 0.15) is 0 Å². The molecule has 1 aliphatic carbocycles. The van der Waals surface area contributed by atoms with Crippen LogP contribution in [0.1, 0.15) is 22.3 Å². The van der Waals surface area contributed by atoms with Gasteiger partial charge in [-0.15, -0.1) is 0 Å². The molecule has 0 aromatic heterocycles. The van der Waals surface area contributed by atoms with Crippen molar-refractivity contribution >= 4 is 11.4 Å². The van der Waals surface area contributed by atoms with Crippen LogP contribution in [0.4, 0.5) is 5.69 Å². The van der Waals surface area contributed by atoms with E-state index in [9.17, 15) is 0 Å². The van der Waals surface area contributed by atoms with E-state index in [-0.39, 0.29) is 0 Å². The topological polar surface area (TPSA) is 12.4 Å². The minimum atomic E-state index is 0.986. The van der Waals surface area contributed by atoms with Crippen LogP contribution in [0.2, 0.25) is 0 Å². The number of aliphatic imine (C=N–C) groups is 1. The SMILES string of the molecule is c1ccc(N=C2c3ccccc3Cc3ccccc32)cc1. The number of fused-ring (bicyclic) bond motifs is 2. The van der Waals surface area contributed by atoms with E-state index < -0.39 is 0 Å². The first-order valence-electron chi connectivity index (χ1n) is 7.22. The van der Waals surface area contributed by atoms with Crippen molar-refractivity contribution in [3.63, 3.8) is 0 Å². The molecule has 1 heteroatoms. The molecular formula is C20H15N. The van der Waals surface area contributed by atoms with Gasteiger partial charge >= 0.3 is 0 Å². The predicted octanol–water partition coefficient (Wildman–Crippen LogP) is 4.76. The van der Waals surface area contributed by atoms with Crippen LogP contribution in [-0.4, -0.2) is 5.71 Å². The summed E-state index contributed by atoms with van der Waals surface area (Å²) in [5.74, 6) is 0. The number of rotatable bonds is 1. The van der Waals surface area contributed by atoms with E-state index in [0.717, 1.165) is 17.8 Å². The normalized spacial score (nSPS) is 12.5. The van der Waals surface area contributed by atoms with E-state index in [2.05, 4.69) is 48.5 Å². The second-order valence-corrected chi connectivity index (χ2v) is 5.29. The summed E-state index contributed by atoms with van der Waals surface area (Å²) in [5.41, 5.74) is 7.29. The molecular weight excluding hydrogens is 254 g/mol. The summed E-state index contributed by atoms with van der Waals surface area (Å²) in [5, 5.41) is 0. The Labute approximate surface area is 124 Å². The first kappa shape index (κ1) is 12.1. The maximum Gasteiger partial charge on any atom is 0.0787 e. The van der Waals surface area contributed by atoms with Crippen LogP contribution in [0.15, 0.2) is 83.9 Å². The van der Waals surface area contributed by atoms with Crippen LogP contribution in [-0.2, 0) is 6.42 Å². The fraction of sp³-hybridized carbons (Fsp3) is 0.0500. The molecule has 0 saturated heterocycles. The van der Waals surface area contributed by atoms with Crippen molar-refractivity contribution in [2.24, 2.45) is 4.99 Å². The third-order valence-electron chi connectivity index (χ3n) is 3.92. The lowest BCUT2D eigenvalue weighted by Crippen LogP contribution is -2.15. The number of nitrogens with zero attached hydrogens (tertiary/aromatic N) is 1. The van der Waals surface area contributed by atoms with Gasteiger partial charge in [-0.2, -0.15) is 0 Å². The average molecular weight is 269 g/mol. The Morgan fingerprint density at radius 3 is 1.71 bits per heavy atom. The monoisotopic (exact) mass is 269 g/mol. The highest BCUT2D eigenvalue weighted by molar-refractivity contribution is 6.16. The van der Waals surface area contributed by atoms with E-state index in [1.807, 2.05) is 30.3 Å². The molecule has 0 heterocycles. The zero-order valence-electron chi connectivity index (χ0n) is 11.7. The third kappa shape index (κ3) is 2.17. The third-order valence-corrected chi connectivity index (χ3v) is 3.92. The van der Waals surface area contributed by atoms with Gasteiger partial charge in [0, 0.05) is 11.1 Å². The summed E-state index contributed by atoms with van der Waals surface area (Å²) in [4.78, 5) is 4.92. The van der Waals surface area contributed by atoms with E-state index >= 15 is 0 Å². The minimum absolute atomic E-state index is 0.986. The number of benzene rings is 3. The van der Waals surface area contributed by atoms with E-state index in [1.165, 1.54) is 22.3 Å². The fourth-order valence-electron chi connectivity index (χ4n) is 2.91. The number of hydrogen-bond donors (Lipinski definition) is 0. The Kier molecular flexibility index (Phi) is 2.89. The second-order valence-electron chi connectivity index (χ2n) is 5.29. The van der Waals surface area contributed by atoms with Gasteiger partial charge in [0.15, 0.2) is 0 Å². The molecule has 0 amide bonds. The summed E-state index contributed by atoms with van der Waals surface area (Å²) in [6.45, 7) is 0. The molecule has 4 rings (SSSR count). The van der Waals surface area contributed by atoms with Gasteiger partial charge in [0.2, 0.25) is 0 Å². The largest absolute Gasteiger partial charge is 0.248 e. The zero-order valence-corrected chi connectivity index (χ0v) is 11.7. The summed E-state index contributed by atoms with van der Waals surface area (Å²) < 4.78 is 0. The quantitative estimate of drug-likeness (QED) is 0.472. The molecule has 1 aliphatic rings. The van der Waals surface area contributed by atoms with Crippen LogP contribution in [0, 0.1) is 0 Å². The number of para-hydroxylation sites is 1. The highest BCUT2D eigenvalue weighted by atomic mass is 14.8. The maximum atomic E-state index is 4.92. The lowest BCUT2D eigenvalue weighted by atomic mass is 9.84. The summed E-state index contributed by atoms with van der Waals surface area (Å²) in [6.07, 6.45) is 0.986. The van der Waals surface area contributed by atoms with Crippen molar-refractivity contribution in [2.45, 2.75) is 6.42 Å². The first-order chi connectivity index (χ1) is 10.4. The summed E-state index contributed by atoms with van der Waals surface area (Å²) in [7, 11) is 0. The van der Waals surface area contributed by atoms with Gasteiger partial charge in [-0.1, -0.05) is 66.7 Å². The molecule has 0 saturated carbocycles. The molecule has 0 spiro atoms. The van der Waals surface area contributed by atoms with Gasteiger partial charge in [-0.3, -0.25) is 0 Å². The second kappa shape index (κ2) is 5.02. The molecule has 0 radical (unpaired) electrons. The molecule has 0 N–H and O–H groups in total. The van der Waals surface area contributed by atoms with Crippen molar-refractivity contribution < 1.29 is 0 Å². The Morgan fingerprint density at radius 2 is 1.10 bits per heavy atom. The smallest absolute Gasteiger partial charge is 0.0787 e. The molecule has 0 unspecified atom stereocenters. The summed E-state index contributed by atoms with van der Waals surface area (Å²) >= 11 is 0. The van der Waals surface area contributed by atoms with Crippen molar-refractivity contribution in [1.29, 1.82) is 0 Å². The molecule has 0 atom stereocenters. The van der Waals surface area contributed by atoms with Gasteiger partial charge in [-0.05, 0) is 29.7 Å². The number of hydrogen-bond acceptors (Lipinski definition) is 1.